The summed E-state index contributed by atoms with van der Waals surface area (Å²) in [5, 5.41) is 3.49. The molecule has 1 aromatic heterocycles. The second-order valence-corrected chi connectivity index (χ2v) is 5.46. The molecule has 2 heterocycles. The summed E-state index contributed by atoms with van der Waals surface area (Å²) in [6.45, 7) is 6.27. The van der Waals surface area contributed by atoms with Crippen LogP contribution in [0.15, 0.2) is 48.8 Å². The van der Waals surface area contributed by atoms with Crippen molar-refractivity contribution in [2.24, 2.45) is 0 Å². The van der Waals surface area contributed by atoms with Gasteiger partial charge in [-0.25, -0.2) is 0 Å². The van der Waals surface area contributed by atoms with Crippen LogP contribution in [0.2, 0.25) is 0 Å². The van der Waals surface area contributed by atoms with Crippen molar-refractivity contribution in [1.82, 2.24) is 15.2 Å². The van der Waals surface area contributed by atoms with Crippen LogP contribution in [0.25, 0.3) is 0 Å². The predicted molar refractivity (Wildman–Crippen MR) is 81.4 cm³/mol. The molecule has 0 spiro atoms. The number of benzene rings is 1. The Bertz CT molecular complexity index is 536. The summed E-state index contributed by atoms with van der Waals surface area (Å²) in [5.74, 6) is 0. The van der Waals surface area contributed by atoms with E-state index in [1.54, 1.807) is 0 Å². The number of hydrogen-bond acceptors (Lipinski definition) is 3. The molecule has 3 nitrogen and oxygen atoms in total. The van der Waals surface area contributed by atoms with E-state index in [1.807, 2.05) is 18.5 Å². The Morgan fingerprint density at radius 1 is 1.25 bits per heavy atom. The first-order chi connectivity index (χ1) is 9.83. The van der Waals surface area contributed by atoms with Crippen LogP contribution < -0.4 is 5.32 Å². The summed E-state index contributed by atoms with van der Waals surface area (Å²) in [5.41, 5.74) is 4.00. The van der Waals surface area contributed by atoms with Crippen molar-refractivity contribution in [3.63, 3.8) is 0 Å². The molecular formula is C17H21N3. The van der Waals surface area contributed by atoms with Gasteiger partial charge in [-0.15, -0.1) is 0 Å². The van der Waals surface area contributed by atoms with Gasteiger partial charge in [-0.2, -0.15) is 0 Å². The fourth-order valence-electron chi connectivity index (χ4n) is 2.77. The summed E-state index contributed by atoms with van der Waals surface area (Å²) in [6, 6.07) is 13.5. The Balaban J connectivity index is 1.77. The summed E-state index contributed by atoms with van der Waals surface area (Å²) in [6.07, 6.45) is 3.82. The molecule has 0 radical (unpaired) electrons. The fourth-order valence-corrected chi connectivity index (χ4v) is 2.77. The molecule has 1 aromatic carbocycles. The highest BCUT2D eigenvalue weighted by Gasteiger charge is 2.23. The fraction of sp³-hybridized carbons (Fsp3) is 0.353. The molecule has 2 aromatic rings. The Hall–Kier alpha value is -1.71. The van der Waals surface area contributed by atoms with Crippen LogP contribution in [0.5, 0.6) is 0 Å². The van der Waals surface area contributed by atoms with Crippen molar-refractivity contribution >= 4 is 0 Å². The van der Waals surface area contributed by atoms with Gasteiger partial charge in [-0.1, -0.05) is 35.9 Å². The number of piperazine rings is 1. The molecule has 3 rings (SSSR count). The third-order valence-corrected chi connectivity index (χ3v) is 3.93. The minimum atomic E-state index is 0.416. The second kappa shape index (κ2) is 6.16. The lowest BCUT2D eigenvalue weighted by Crippen LogP contribution is -2.45. The molecule has 20 heavy (non-hydrogen) atoms. The molecule has 1 aliphatic heterocycles. The SMILES string of the molecule is Cc1ccc(CN2CCNCC2c2cccnc2)cc1. The first-order valence-electron chi connectivity index (χ1n) is 7.23. The maximum absolute atomic E-state index is 4.26. The summed E-state index contributed by atoms with van der Waals surface area (Å²) in [7, 11) is 0. The quantitative estimate of drug-likeness (QED) is 0.926. The van der Waals surface area contributed by atoms with E-state index in [0.29, 0.717) is 6.04 Å². The van der Waals surface area contributed by atoms with E-state index in [2.05, 4.69) is 52.5 Å². The van der Waals surface area contributed by atoms with Crippen molar-refractivity contribution in [2.45, 2.75) is 19.5 Å². The van der Waals surface area contributed by atoms with Crippen molar-refractivity contribution in [2.75, 3.05) is 19.6 Å². The highest BCUT2D eigenvalue weighted by atomic mass is 15.2. The van der Waals surface area contributed by atoms with E-state index in [0.717, 1.165) is 26.2 Å². The summed E-state index contributed by atoms with van der Waals surface area (Å²) < 4.78 is 0. The molecule has 1 atom stereocenters. The molecule has 3 heteroatoms. The lowest BCUT2D eigenvalue weighted by atomic mass is 10.0. The number of hydrogen-bond donors (Lipinski definition) is 1. The van der Waals surface area contributed by atoms with Gasteiger partial charge in [0.25, 0.3) is 0 Å². The molecule has 0 saturated carbocycles. The van der Waals surface area contributed by atoms with Gasteiger partial charge in [-0.05, 0) is 24.1 Å². The lowest BCUT2D eigenvalue weighted by Gasteiger charge is -2.36. The molecule has 0 amide bonds. The Kier molecular flexibility index (Phi) is 4.09. The maximum atomic E-state index is 4.26. The van der Waals surface area contributed by atoms with Crippen LogP contribution >= 0.6 is 0 Å². The Morgan fingerprint density at radius 2 is 2.10 bits per heavy atom. The van der Waals surface area contributed by atoms with Gasteiger partial charge in [0, 0.05) is 44.6 Å². The standard InChI is InChI=1S/C17H21N3/c1-14-4-6-15(7-5-14)13-20-10-9-19-12-17(20)16-3-2-8-18-11-16/h2-8,11,17,19H,9-10,12-13H2,1H3. The lowest BCUT2D eigenvalue weighted by molar-refractivity contribution is 0.153. The van der Waals surface area contributed by atoms with E-state index >= 15 is 0 Å². The number of pyridine rings is 1. The number of aryl methyl sites for hydroxylation is 1. The highest BCUT2D eigenvalue weighted by Crippen LogP contribution is 2.23. The zero-order valence-electron chi connectivity index (χ0n) is 11.9. The van der Waals surface area contributed by atoms with Gasteiger partial charge >= 0.3 is 0 Å². The molecule has 1 fully saturated rings. The van der Waals surface area contributed by atoms with Crippen LogP contribution in [0, 0.1) is 6.92 Å². The van der Waals surface area contributed by atoms with Gasteiger partial charge in [0.15, 0.2) is 0 Å². The van der Waals surface area contributed by atoms with Gasteiger partial charge in [0.1, 0.15) is 0 Å². The van der Waals surface area contributed by atoms with Crippen LogP contribution in [0.4, 0.5) is 0 Å². The summed E-state index contributed by atoms with van der Waals surface area (Å²) >= 11 is 0. The Labute approximate surface area is 120 Å². The minimum absolute atomic E-state index is 0.416. The van der Waals surface area contributed by atoms with E-state index < -0.39 is 0 Å². The van der Waals surface area contributed by atoms with Gasteiger partial charge in [0.05, 0.1) is 0 Å². The van der Waals surface area contributed by atoms with E-state index in [1.165, 1.54) is 16.7 Å². The van der Waals surface area contributed by atoms with Gasteiger partial charge in [0.2, 0.25) is 0 Å². The maximum Gasteiger partial charge on any atom is 0.0491 e. The van der Waals surface area contributed by atoms with Gasteiger partial charge < -0.3 is 5.32 Å². The number of rotatable bonds is 3. The first kappa shape index (κ1) is 13.3. The topological polar surface area (TPSA) is 28.2 Å². The highest BCUT2D eigenvalue weighted by molar-refractivity contribution is 5.22. The van der Waals surface area contributed by atoms with Crippen LogP contribution in [-0.2, 0) is 6.54 Å². The molecular weight excluding hydrogens is 246 g/mol. The van der Waals surface area contributed by atoms with Crippen LogP contribution in [-0.4, -0.2) is 29.5 Å². The first-order valence-corrected chi connectivity index (χ1v) is 7.23. The Morgan fingerprint density at radius 3 is 2.85 bits per heavy atom. The largest absolute Gasteiger partial charge is 0.314 e. The van der Waals surface area contributed by atoms with Crippen molar-refractivity contribution in [3.05, 3.63) is 65.5 Å². The second-order valence-electron chi connectivity index (χ2n) is 5.46. The zero-order chi connectivity index (χ0) is 13.8. The van der Waals surface area contributed by atoms with E-state index in [4.69, 9.17) is 0 Å². The average molecular weight is 267 g/mol. The third kappa shape index (κ3) is 3.06. The number of aromatic nitrogens is 1. The van der Waals surface area contributed by atoms with Crippen LogP contribution in [0.3, 0.4) is 0 Å². The molecule has 0 aliphatic carbocycles. The van der Waals surface area contributed by atoms with Crippen molar-refractivity contribution < 1.29 is 0 Å². The monoisotopic (exact) mass is 267 g/mol. The average Bonchev–Trinajstić information content (AvgIpc) is 2.51. The molecule has 1 unspecified atom stereocenters. The third-order valence-electron chi connectivity index (χ3n) is 3.93. The van der Waals surface area contributed by atoms with E-state index in [9.17, 15) is 0 Å². The zero-order valence-corrected chi connectivity index (χ0v) is 11.9. The normalized spacial score (nSPS) is 19.9. The molecule has 1 N–H and O–H groups in total. The number of nitrogens with one attached hydrogen (secondary N) is 1. The summed E-state index contributed by atoms with van der Waals surface area (Å²) in [4.78, 5) is 6.80. The minimum Gasteiger partial charge on any atom is -0.314 e. The van der Waals surface area contributed by atoms with Crippen molar-refractivity contribution in [3.8, 4) is 0 Å². The molecule has 0 bridgehead atoms. The smallest absolute Gasteiger partial charge is 0.0491 e. The van der Waals surface area contributed by atoms with E-state index in [-0.39, 0.29) is 0 Å². The molecule has 1 aliphatic rings. The number of nitrogens with zero attached hydrogens (tertiary/aromatic N) is 2. The van der Waals surface area contributed by atoms with Crippen molar-refractivity contribution in [1.29, 1.82) is 0 Å². The molecule has 104 valence electrons. The molecule has 1 saturated heterocycles. The van der Waals surface area contributed by atoms with Gasteiger partial charge in [-0.3, -0.25) is 9.88 Å². The van der Waals surface area contributed by atoms with Crippen LogP contribution in [0.1, 0.15) is 22.7 Å². The predicted octanol–water partition coefficient (Wildman–Crippen LogP) is 2.54.